The second kappa shape index (κ2) is 7.40. The molecule has 0 saturated carbocycles. The van der Waals surface area contributed by atoms with Gasteiger partial charge in [0.15, 0.2) is 0 Å². The van der Waals surface area contributed by atoms with E-state index in [9.17, 15) is 4.79 Å². The molecule has 0 bridgehead atoms. The average molecular weight is 337 g/mol. The summed E-state index contributed by atoms with van der Waals surface area (Å²) in [6.45, 7) is 2.74. The lowest BCUT2D eigenvalue weighted by atomic mass is 10.1. The third kappa shape index (κ3) is 4.00. The van der Waals surface area contributed by atoms with Gasteiger partial charge in [-0.2, -0.15) is 0 Å². The maximum atomic E-state index is 12.3. The monoisotopic (exact) mass is 337 g/mol. The Morgan fingerprint density at radius 2 is 1.96 bits per heavy atom. The third-order valence-electron chi connectivity index (χ3n) is 4.30. The number of hydrogen-bond acceptors (Lipinski definition) is 3. The molecule has 1 aromatic heterocycles. The van der Waals surface area contributed by atoms with E-state index in [1.807, 2.05) is 49.3 Å². The minimum atomic E-state index is -0.0436. The van der Waals surface area contributed by atoms with Crippen molar-refractivity contribution in [2.24, 2.45) is 0 Å². The Kier molecular flexibility index (Phi) is 5.05. The molecule has 3 rings (SSSR count). The van der Waals surface area contributed by atoms with Crippen molar-refractivity contribution in [3.05, 3.63) is 59.8 Å². The summed E-state index contributed by atoms with van der Waals surface area (Å²) < 4.78 is 0. The van der Waals surface area contributed by atoms with Gasteiger partial charge in [-0.05, 0) is 48.4 Å². The lowest BCUT2D eigenvalue weighted by Crippen LogP contribution is -2.21. The van der Waals surface area contributed by atoms with Gasteiger partial charge in [0.2, 0.25) is 5.91 Å². The maximum absolute atomic E-state index is 12.3. The smallest absolute Gasteiger partial charge is 0.228 e. The van der Waals surface area contributed by atoms with Crippen LogP contribution in [-0.4, -0.2) is 36.2 Å². The van der Waals surface area contributed by atoms with Crippen LogP contribution in [0.5, 0.6) is 0 Å². The molecule has 5 nitrogen and oxygen atoms in total. The number of H-pyrrole nitrogens is 1. The van der Waals surface area contributed by atoms with Crippen LogP contribution in [0, 0.1) is 6.92 Å². The van der Waals surface area contributed by atoms with Gasteiger partial charge in [0.25, 0.3) is 0 Å². The number of aromatic amines is 1. The first-order valence-corrected chi connectivity index (χ1v) is 8.35. The zero-order valence-electron chi connectivity index (χ0n) is 14.5. The number of hydrogen-bond donors (Lipinski definition) is 3. The zero-order valence-corrected chi connectivity index (χ0v) is 14.5. The van der Waals surface area contributed by atoms with Crippen LogP contribution in [0.2, 0.25) is 0 Å². The minimum Gasteiger partial charge on any atom is -0.395 e. The number of anilines is 2. The predicted octanol–water partition coefficient (Wildman–Crippen LogP) is 3.09. The molecule has 0 fully saturated rings. The van der Waals surface area contributed by atoms with Crippen molar-refractivity contribution >= 4 is 28.2 Å². The van der Waals surface area contributed by atoms with E-state index in [0.29, 0.717) is 13.0 Å². The van der Waals surface area contributed by atoms with E-state index in [1.54, 1.807) is 0 Å². The molecule has 0 spiro atoms. The number of amides is 1. The van der Waals surface area contributed by atoms with E-state index < -0.39 is 0 Å². The van der Waals surface area contributed by atoms with E-state index in [2.05, 4.69) is 28.5 Å². The number of rotatable bonds is 6. The van der Waals surface area contributed by atoms with E-state index in [-0.39, 0.29) is 12.5 Å². The highest BCUT2D eigenvalue weighted by atomic mass is 16.3. The molecule has 0 saturated heterocycles. The largest absolute Gasteiger partial charge is 0.395 e. The van der Waals surface area contributed by atoms with E-state index >= 15 is 0 Å². The van der Waals surface area contributed by atoms with Crippen LogP contribution in [0.4, 0.5) is 11.4 Å². The molecule has 0 radical (unpaired) electrons. The second-order valence-electron chi connectivity index (χ2n) is 6.28. The third-order valence-corrected chi connectivity index (χ3v) is 4.30. The zero-order chi connectivity index (χ0) is 17.8. The van der Waals surface area contributed by atoms with Crippen LogP contribution in [0.15, 0.2) is 48.7 Å². The quantitative estimate of drug-likeness (QED) is 0.647. The number of aromatic nitrogens is 1. The summed E-state index contributed by atoms with van der Waals surface area (Å²) in [6, 6.07) is 13.8. The Hall–Kier alpha value is -2.79. The standard InChI is InChI=1S/C20H23N3O2/c1-14-3-8-18-15(13-21-19(18)11-14)12-20(25)22-16-4-6-17(7-5-16)23(2)9-10-24/h3-8,11,13,21,24H,9-10,12H2,1-2H3,(H,22,25). The summed E-state index contributed by atoms with van der Waals surface area (Å²) in [5.74, 6) is -0.0436. The Morgan fingerprint density at radius 1 is 1.20 bits per heavy atom. The van der Waals surface area contributed by atoms with Crippen molar-refractivity contribution in [3.8, 4) is 0 Å². The molecule has 3 N–H and O–H groups in total. The number of fused-ring (bicyclic) bond motifs is 1. The van der Waals surface area contributed by atoms with Crippen LogP contribution >= 0.6 is 0 Å². The summed E-state index contributed by atoms with van der Waals surface area (Å²) in [5, 5.41) is 13.0. The lowest BCUT2D eigenvalue weighted by Gasteiger charge is -2.18. The Balaban J connectivity index is 1.65. The number of nitrogens with one attached hydrogen (secondary N) is 2. The number of carbonyl (C=O) groups is 1. The van der Waals surface area contributed by atoms with Crippen molar-refractivity contribution in [1.82, 2.24) is 4.98 Å². The molecular weight excluding hydrogens is 314 g/mol. The number of nitrogens with zero attached hydrogens (tertiary/aromatic N) is 1. The highest BCUT2D eigenvalue weighted by Crippen LogP contribution is 2.21. The number of aliphatic hydroxyl groups is 1. The normalized spacial score (nSPS) is 10.8. The average Bonchev–Trinajstić information content (AvgIpc) is 2.97. The molecule has 0 aliphatic heterocycles. The molecule has 0 aliphatic carbocycles. The number of likely N-dealkylation sites (N-methyl/N-ethyl adjacent to an activating group) is 1. The Bertz CT molecular complexity index is 868. The number of carbonyl (C=O) groups excluding carboxylic acids is 1. The Morgan fingerprint density at radius 3 is 2.68 bits per heavy atom. The molecule has 3 aromatic rings. The van der Waals surface area contributed by atoms with Crippen LogP contribution in [-0.2, 0) is 11.2 Å². The summed E-state index contributed by atoms with van der Waals surface area (Å²) in [5.41, 5.74) is 5.00. The van der Waals surface area contributed by atoms with Gasteiger partial charge in [-0.25, -0.2) is 0 Å². The van der Waals surface area contributed by atoms with Crippen molar-refractivity contribution in [3.63, 3.8) is 0 Å². The number of aliphatic hydroxyl groups excluding tert-OH is 1. The van der Waals surface area contributed by atoms with Crippen LogP contribution in [0.1, 0.15) is 11.1 Å². The minimum absolute atomic E-state index is 0.0436. The van der Waals surface area contributed by atoms with Crippen LogP contribution in [0.3, 0.4) is 0 Å². The first kappa shape index (κ1) is 17.0. The SMILES string of the molecule is Cc1ccc2c(CC(=O)Nc3ccc(N(C)CCO)cc3)c[nH]c2c1. The van der Waals surface area contributed by atoms with Crippen LogP contribution < -0.4 is 10.2 Å². The number of aryl methyl sites for hydroxylation is 1. The molecule has 0 aliphatic rings. The van der Waals surface area contributed by atoms with Gasteiger partial charge >= 0.3 is 0 Å². The van der Waals surface area contributed by atoms with Crippen molar-refractivity contribution < 1.29 is 9.90 Å². The molecule has 1 heterocycles. The molecule has 2 aromatic carbocycles. The van der Waals surface area contributed by atoms with Gasteiger partial charge in [-0.15, -0.1) is 0 Å². The first-order valence-electron chi connectivity index (χ1n) is 8.35. The Labute approximate surface area is 147 Å². The van der Waals surface area contributed by atoms with E-state index in [0.717, 1.165) is 27.8 Å². The fraction of sp³-hybridized carbons (Fsp3) is 0.250. The number of benzene rings is 2. The molecule has 0 unspecified atom stereocenters. The van der Waals surface area contributed by atoms with Crippen molar-refractivity contribution in [2.45, 2.75) is 13.3 Å². The summed E-state index contributed by atoms with van der Waals surface area (Å²) in [7, 11) is 1.92. The molecule has 0 atom stereocenters. The van der Waals surface area contributed by atoms with Crippen molar-refractivity contribution in [2.75, 3.05) is 30.4 Å². The maximum Gasteiger partial charge on any atom is 0.228 e. The van der Waals surface area contributed by atoms with Gasteiger partial charge < -0.3 is 20.3 Å². The summed E-state index contributed by atoms with van der Waals surface area (Å²) in [6.07, 6.45) is 2.23. The van der Waals surface area contributed by atoms with Gasteiger partial charge in [-0.3, -0.25) is 4.79 Å². The lowest BCUT2D eigenvalue weighted by molar-refractivity contribution is -0.115. The predicted molar refractivity (Wildman–Crippen MR) is 102 cm³/mol. The molecule has 25 heavy (non-hydrogen) atoms. The topological polar surface area (TPSA) is 68.4 Å². The van der Waals surface area contributed by atoms with E-state index in [4.69, 9.17) is 5.11 Å². The molecule has 130 valence electrons. The first-order chi connectivity index (χ1) is 12.1. The second-order valence-corrected chi connectivity index (χ2v) is 6.28. The fourth-order valence-electron chi connectivity index (χ4n) is 2.90. The van der Waals surface area contributed by atoms with Crippen molar-refractivity contribution in [1.29, 1.82) is 0 Å². The van der Waals surface area contributed by atoms with Gasteiger partial charge in [0.05, 0.1) is 13.0 Å². The van der Waals surface area contributed by atoms with Gasteiger partial charge in [-0.1, -0.05) is 12.1 Å². The highest BCUT2D eigenvalue weighted by Gasteiger charge is 2.09. The van der Waals surface area contributed by atoms with E-state index in [1.165, 1.54) is 5.56 Å². The van der Waals surface area contributed by atoms with Gasteiger partial charge in [0.1, 0.15) is 0 Å². The summed E-state index contributed by atoms with van der Waals surface area (Å²) >= 11 is 0. The van der Waals surface area contributed by atoms with Crippen LogP contribution in [0.25, 0.3) is 10.9 Å². The molecule has 5 heteroatoms. The fourth-order valence-corrected chi connectivity index (χ4v) is 2.90. The summed E-state index contributed by atoms with van der Waals surface area (Å²) in [4.78, 5) is 17.5. The molecular formula is C20H23N3O2. The molecule has 1 amide bonds. The highest BCUT2D eigenvalue weighted by molar-refractivity contribution is 5.96. The van der Waals surface area contributed by atoms with Gasteiger partial charge in [0, 0.05) is 42.1 Å².